The first-order chi connectivity index (χ1) is 14.7. The van der Waals surface area contributed by atoms with Gasteiger partial charge in [0.1, 0.15) is 5.15 Å². The molecule has 1 fully saturated rings. The quantitative estimate of drug-likeness (QED) is 0.606. The molecule has 6 nitrogen and oxygen atoms in total. The van der Waals surface area contributed by atoms with E-state index in [1.54, 1.807) is 6.20 Å². The average Bonchev–Trinajstić information content (AvgIpc) is 2.78. The first-order valence-corrected chi connectivity index (χ1v) is 10.7. The lowest BCUT2D eigenvalue weighted by molar-refractivity contribution is 0.0302. The highest BCUT2D eigenvalue weighted by molar-refractivity contribution is 6.29. The molecule has 30 heavy (non-hydrogen) atoms. The number of morpholine rings is 1. The van der Waals surface area contributed by atoms with Crippen LogP contribution in [0.1, 0.15) is 27.2 Å². The van der Waals surface area contributed by atoms with Gasteiger partial charge in [0.25, 0.3) is 5.91 Å². The lowest BCUT2D eigenvalue weighted by Crippen LogP contribution is -2.42. The summed E-state index contributed by atoms with van der Waals surface area (Å²) in [5, 5.41) is 1.43. The molecule has 7 heteroatoms. The fourth-order valence-electron chi connectivity index (χ4n) is 4.35. The topological polar surface area (TPSA) is 58.6 Å². The standard InChI is InChI=1S/C23H23ClN4O2/c24-21-13-16(5-7-25-21)14-27-8-6-20-18(15-27)22(17-3-1-2-4-19(17)26-20)23(29)28-9-11-30-12-10-28/h1-5,7,13H,6,8-12,14-15H2. The van der Waals surface area contributed by atoms with Gasteiger partial charge in [-0.15, -0.1) is 0 Å². The molecular formula is C23H23ClN4O2. The highest BCUT2D eigenvalue weighted by Crippen LogP contribution is 2.30. The van der Waals surface area contributed by atoms with Crippen LogP contribution in [0, 0.1) is 0 Å². The highest BCUT2D eigenvalue weighted by atomic mass is 35.5. The van der Waals surface area contributed by atoms with E-state index in [9.17, 15) is 4.79 Å². The molecule has 2 aliphatic heterocycles. The molecular weight excluding hydrogens is 400 g/mol. The van der Waals surface area contributed by atoms with Crippen molar-refractivity contribution in [2.75, 3.05) is 32.8 Å². The molecule has 0 bridgehead atoms. The van der Waals surface area contributed by atoms with Gasteiger partial charge in [0.2, 0.25) is 0 Å². The molecule has 2 aromatic heterocycles. The van der Waals surface area contributed by atoms with Crippen LogP contribution in [-0.2, 0) is 24.2 Å². The van der Waals surface area contributed by atoms with Gasteiger partial charge in [0, 0.05) is 62.0 Å². The molecule has 0 spiro atoms. The van der Waals surface area contributed by atoms with Crippen LogP contribution in [0.25, 0.3) is 10.9 Å². The zero-order valence-corrected chi connectivity index (χ0v) is 17.4. The number of amides is 1. The maximum atomic E-state index is 13.6. The van der Waals surface area contributed by atoms with E-state index >= 15 is 0 Å². The molecule has 2 aliphatic rings. The monoisotopic (exact) mass is 422 g/mol. The lowest BCUT2D eigenvalue weighted by atomic mass is 9.94. The molecule has 3 aromatic rings. The smallest absolute Gasteiger partial charge is 0.255 e. The third-order valence-electron chi connectivity index (χ3n) is 5.83. The van der Waals surface area contributed by atoms with Crippen LogP contribution >= 0.6 is 11.6 Å². The molecule has 5 rings (SSSR count). The lowest BCUT2D eigenvalue weighted by Gasteiger charge is -2.32. The molecule has 154 valence electrons. The summed E-state index contributed by atoms with van der Waals surface area (Å²) < 4.78 is 5.45. The van der Waals surface area contributed by atoms with Crippen LogP contribution in [-0.4, -0.2) is 58.5 Å². The number of carbonyl (C=O) groups is 1. The minimum atomic E-state index is 0.0851. The predicted octanol–water partition coefficient (Wildman–Crippen LogP) is 3.31. The Balaban J connectivity index is 1.53. The largest absolute Gasteiger partial charge is 0.378 e. The number of ether oxygens (including phenoxy) is 1. The summed E-state index contributed by atoms with van der Waals surface area (Å²) in [6.07, 6.45) is 2.56. The van der Waals surface area contributed by atoms with E-state index in [1.165, 1.54) is 0 Å². The van der Waals surface area contributed by atoms with Crippen LogP contribution in [0.2, 0.25) is 5.15 Å². The average molecular weight is 423 g/mol. The fourth-order valence-corrected chi connectivity index (χ4v) is 4.55. The van der Waals surface area contributed by atoms with E-state index in [2.05, 4.69) is 9.88 Å². The molecule has 0 unspecified atom stereocenters. The zero-order valence-electron chi connectivity index (χ0n) is 16.7. The summed E-state index contributed by atoms with van der Waals surface area (Å²) in [6.45, 7) is 4.78. The van der Waals surface area contributed by atoms with Crippen molar-refractivity contribution < 1.29 is 9.53 Å². The molecule has 0 N–H and O–H groups in total. The number of rotatable bonds is 3. The molecule has 4 heterocycles. The minimum Gasteiger partial charge on any atom is -0.378 e. The number of hydrogen-bond acceptors (Lipinski definition) is 5. The summed E-state index contributed by atoms with van der Waals surface area (Å²) in [4.78, 5) is 26.8. The van der Waals surface area contributed by atoms with Crippen LogP contribution in [0.3, 0.4) is 0 Å². The predicted molar refractivity (Wildman–Crippen MR) is 116 cm³/mol. The van der Waals surface area contributed by atoms with E-state index in [-0.39, 0.29) is 5.91 Å². The van der Waals surface area contributed by atoms with Crippen LogP contribution in [0.4, 0.5) is 0 Å². The first-order valence-electron chi connectivity index (χ1n) is 10.3. The Morgan fingerprint density at radius 3 is 2.80 bits per heavy atom. The maximum Gasteiger partial charge on any atom is 0.255 e. The molecule has 1 amide bonds. The van der Waals surface area contributed by atoms with Crippen molar-refractivity contribution in [1.29, 1.82) is 0 Å². The molecule has 0 aliphatic carbocycles. The third-order valence-corrected chi connectivity index (χ3v) is 6.04. The number of carbonyl (C=O) groups excluding carboxylic acids is 1. The Labute approximate surface area is 180 Å². The number of fused-ring (bicyclic) bond motifs is 2. The summed E-state index contributed by atoms with van der Waals surface area (Å²) in [5.74, 6) is 0.0851. The summed E-state index contributed by atoms with van der Waals surface area (Å²) in [7, 11) is 0. The van der Waals surface area contributed by atoms with Crippen molar-refractivity contribution in [1.82, 2.24) is 19.8 Å². The van der Waals surface area contributed by atoms with Crippen molar-refractivity contribution in [3.05, 3.63) is 70.1 Å². The van der Waals surface area contributed by atoms with Crippen LogP contribution < -0.4 is 0 Å². The van der Waals surface area contributed by atoms with Gasteiger partial charge in [0.15, 0.2) is 0 Å². The van der Waals surface area contributed by atoms with Crippen LogP contribution in [0.15, 0.2) is 42.6 Å². The second kappa shape index (κ2) is 8.30. The Bertz CT molecular complexity index is 1100. The number of para-hydroxylation sites is 1. The van der Waals surface area contributed by atoms with E-state index in [0.717, 1.165) is 52.8 Å². The number of aromatic nitrogens is 2. The van der Waals surface area contributed by atoms with E-state index in [4.69, 9.17) is 21.3 Å². The van der Waals surface area contributed by atoms with Crippen molar-refractivity contribution in [2.24, 2.45) is 0 Å². The van der Waals surface area contributed by atoms with Gasteiger partial charge in [-0.1, -0.05) is 29.8 Å². The third kappa shape index (κ3) is 3.78. The summed E-state index contributed by atoms with van der Waals surface area (Å²) in [6, 6.07) is 11.9. The number of benzene rings is 1. The Morgan fingerprint density at radius 1 is 1.13 bits per heavy atom. The van der Waals surface area contributed by atoms with Gasteiger partial charge >= 0.3 is 0 Å². The normalized spacial score (nSPS) is 17.2. The summed E-state index contributed by atoms with van der Waals surface area (Å²) in [5.41, 5.74) is 4.90. The van der Waals surface area contributed by atoms with Gasteiger partial charge in [-0.25, -0.2) is 4.98 Å². The first kappa shape index (κ1) is 19.4. The SMILES string of the molecule is O=C(c1c2c(nc3ccccc13)CCN(Cc1ccnc(Cl)c1)C2)N1CCOCC1. The number of nitrogens with zero attached hydrogens (tertiary/aromatic N) is 4. The second-order valence-corrected chi connectivity index (χ2v) is 8.17. The minimum absolute atomic E-state index is 0.0851. The Morgan fingerprint density at radius 2 is 1.97 bits per heavy atom. The zero-order chi connectivity index (χ0) is 20.5. The van der Waals surface area contributed by atoms with E-state index in [1.807, 2.05) is 41.3 Å². The Hall–Kier alpha value is -2.54. The Kier molecular flexibility index (Phi) is 5.37. The maximum absolute atomic E-state index is 13.6. The summed E-state index contributed by atoms with van der Waals surface area (Å²) >= 11 is 6.06. The van der Waals surface area contributed by atoms with Crippen molar-refractivity contribution >= 4 is 28.4 Å². The van der Waals surface area contributed by atoms with Crippen molar-refractivity contribution in [3.63, 3.8) is 0 Å². The molecule has 0 radical (unpaired) electrons. The van der Waals surface area contributed by atoms with Gasteiger partial charge in [0.05, 0.1) is 24.3 Å². The number of pyridine rings is 2. The fraction of sp³-hybridized carbons (Fsp3) is 0.348. The van der Waals surface area contributed by atoms with Gasteiger partial charge in [-0.05, 0) is 23.8 Å². The van der Waals surface area contributed by atoms with Gasteiger partial charge < -0.3 is 9.64 Å². The molecule has 0 atom stereocenters. The second-order valence-electron chi connectivity index (χ2n) is 7.78. The van der Waals surface area contributed by atoms with Crippen molar-refractivity contribution in [3.8, 4) is 0 Å². The number of hydrogen-bond donors (Lipinski definition) is 0. The van der Waals surface area contributed by atoms with E-state index < -0.39 is 0 Å². The molecule has 1 saturated heterocycles. The van der Waals surface area contributed by atoms with E-state index in [0.29, 0.717) is 38.0 Å². The molecule has 0 saturated carbocycles. The van der Waals surface area contributed by atoms with Crippen LogP contribution in [0.5, 0.6) is 0 Å². The number of halogens is 1. The highest BCUT2D eigenvalue weighted by Gasteiger charge is 2.29. The van der Waals surface area contributed by atoms with Gasteiger partial charge in [-0.3, -0.25) is 14.7 Å². The van der Waals surface area contributed by atoms with Gasteiger partial charge in [-0.2, -0.15) is 0 Å². The molecule has 1 aromatic carbocycles. The van der Waals surface area contributed by atoms with Crippen molar-refractivity contribution in [2.45, 2.75) is 19.5 Å².